The number of hydrogen-bond acceptors (Lipinski definition) is 5. The van der Waals surface area contributed by atoms with Crippen molar-refractivity contribution in [2.24, 2.45) is 5.92 Å². The van der Waals surface area contributed by atoms with Crippen LogP contribution in [-0.2, 0) is 16.1 Å². The van der Waals surface area contributed by atoms with E-state index in [-0.39, 0.29) is 29.4 Å². The molecule has 110 valence electrons. The standard InChI is InChI=1S/C13H18N2O4S/c1-3-9-8(4-5-19-9)12(16)14-6-10-15-7(2)11(20-10)13(17)18/h8-9H,3-6H2,1-2H3,(H,14,16)(H,17,18). The summed E-state index contributed by atoms with van der Waals surface area (Å²) in [5.74, 6) is -1.13. The third kappa shape index (κ3) is 3.16. The first-order valence-corrected chi connectivity index (χ1v) is 7.43. The van der Waals surface area contributed by atoms with Gasteiger partial charge in [-0.15, -0.1) is 11.3 Å². The minimum Gasteiger partial charge on any atom is -0.477 e. The number of rotatable bonds is 5. The van der Waals surface area contributed by atoms with Crippen molar-refractivity contribution in [3.8, 4) is 0 Å². The number of amides is 1. The fourth-order valence-electron chi connectivity index (χ4n) is 2.37. The molecule has 1 aromatic heterocycles. The summed E-state index contributed by atoms with van der Waals surface area (Å²) in [6.07, 6.45) is 1.54. The maximum atomic E-state index is 12.1. The van der Waals surface area contributed by atoms with E-state index in [1.165, 1.54) is 0 Å². The van der Waals surface area contributed by atoms with E-state index in [4.69, 9.17) is 9.84 Å². The molecule has 1 aliphatic rings. The monoisotopic (exact) mass is 298 g/mol. The van der Waals surface area contributed by atoms with Crippen LogP contribution in [0.15, 0.2) is 0 Å². The summed E-state index contributed by atoms with van der Waals surface area (Å²) in [4.78, 5) is 27.4. The Bertz CT molecular complexity index is 514. The largest absolute Gasteiger partial charge is 0.477 e. The minimum absolute atomic E-state index is 0.0115. The highest BCUT2D eigenvalue weighted by Crippen LogP contribution is 2.24. The quantitative estimate of drug-likeness (QED) is 0.861. The first kappa shape index (κ1) is 14.9. The molecule has 7 heteroatoms. The smallest absolute Gasteiger partial charge is 0.347 e. The Labute approximate surface area is 121 Å². The van der Waals surface area contributed by atoms with E-state index in [1.807, 2.05) is 6.92 Å². The van der Waals surface area contributed by atoms with Crippen LogP contribution < -0.4 is 5.32 Å². The van der Waals surface area contributed by atoms with E-state index in [0.717, 1.165) is 24.2 Å². The molecule has 2 N–H and O–H groups in total. The van der Waals surface area contributed by atoms with Gasteiger partial charge in [0.1, 0.15) is 9.88 Å². The number of carboxylic acids is 1. The van der Waals surface area contributed by atoms with Gasteiger partial charge in [0.25, 0.3) is 0 Å². The van der Waals surface area contributed by atoms with Crippen molar-refractivity contribution in [1.82, 2.24) is 10.3 Å². The number of thiazole rings is 1. The number of carbonyl (C=O) groups excluding carboxylic acids is 1. The van der Waals surface area contributed by atoms with Crippen molar-refractivity contribution >= 4 is 23.2 Å². The molecule has 2 unspecified atom stereocenters. The molecule has 1 fully saturated rings. The van der Waals surface area contributed by atoms with Crippen LogP contribution in [-0.4, -0.2) is 34.7 Å². The first-order valence-electron chi connectivity index (χ1n) is 6.61. The van der Waals surface area contributed by atoms with Crippen molar-refractivity contribution in [2.45, 2.75) is 39.3 Å². The Morgan fingerprint density at radius 1 is 1.55 bits per heavy atom. The third-order valence-corrected chi connectivity index (χ3v) is 4.54. The van der Waals surface area contributed by atoms with Crippen molar-refractivity contribution in [3.63, 3.8) is 0 Å². The van der Waals surface area contributed by atoms with Gasteiger partial charge in [-0.05, 0) is 19.8 Å². The highest BCUT2D eigenvalue weighted by Gasteiger charge is 2.32. The summed E-state index contributed by atoms with van der Waals surface area (Å²) in [5, 5.41) is 12.4. The molecule has 1 amide bonds. The van der Waals surface area contributed by atoms with Crippen LogP contribution in [0.5, 0.6) is 0 Å². The lowest BCUT2D eigenvalue weighted by Gasteiger charge is -2.15. The van der Waals surface area contributed by atoms with Crippen LogP contribution in [0.2, 0.25) is 0 Å². The predicted octanol–water partition coefficient (Wildman–Crippen LogP) is 1.58. The molecular formula is C13H18N2O4S. The number of aromatic carboxylic acids is 1. The summed E-state index contributed by atoms with van der Waals surface area (Å²) < 4.78 is 5.49. The molecule has 2 heterocycles. The number of nitrogens with one attached hydrogen (secondary N) is 1. The van der Waals surface area contributed by atoms with Gasteiger partial charge in [0.2, 0.25) is 5.91 Å². The minimum atomic E-state index is -0.979. The lowest BCUT2D eigenvalue weighted by molar-refractivity contribution is -0.126. The molecule has 2 atom stereocenters. The highest BCUT2D eigenvalue weighted by molar-refractivity contribution is 7.13. The molecule has 0 bridgehead atoms. The van der Waals surface area contributed by atoms with Gasteiger partial charge in [-0.3, -0.25) is 4.79 Å². The van der Waals surface area contributed by atoms with Crippen LogP contribution in [0.1, 0.15) is 40.1 Å². The van der Waals surface area contributed by atoms with Crippen LogP contribution >= 0.6 is 11.3 Å². The second kappa shape index (κ2) is 6.32. The molecule has 1 saturated heterocycles. The van der Waals surface area contributed by atoms with E-state index in [0.29, 0.717) is 17.3 Å². The van der Waals surface area contributed by atoms with Gasteiger partial charge in [0.15, 0.2) is 0 Å². The fraction of sp³-hybridized carbons (Fsp3) is 0.615. The maximum Gasteiger partial charge on any atom is 0.347 e. The molecule has 0 radical (unpaired) electrons. The number of ether oxygens (including phenoxy) is 1. The average Bonchev–Trinajstić information content (AvgIpc) is 3.01. The molecular weight excluding hydrogens is 280 g/mol. The average molecular weight is 298 g/mol. The highest BCUT2D eigenvalue weighted by atomic mass is 32.1. The van der Waals surface area contributed by atoms with Gasteiger partial charge in [-0.1, -0.05) is 6.92 Å². The molecule has 0 saturated carbocycles. The molecule has 0 aromatic carbocycles. The number of carboxylic acid groups (broad SMARTS) is 1. The maximum absolute atomic E-state index is 12.1. The SMILES string of the molecule is CCC1OCCC1C(=O)NCc1nc(C)c(C(=O)O)s1. The topological polar surface area (TPSA) is 88.5 Å². The summed E-state index contributed by atoms with van der Waals surface area (Å²) in [7, 11) is 0. The lowest BCUT2D eigenvalue weighted by atomic mass is 9.99. The van der Waals surface area contributed by atoms with E-state index >= 15 is 0 Å². The van der Waals surface area contributed by atoms with E-state index in [9.17, 15) is 9.59 Å². The van der Waals surface area contributed by atoms with Crippen LogP contribution in [0.25, 0.3) is 0 Å². The summed E-state index contributed by atoms with van der Waals surface area (Å²) in [6, 6.07) is 0. The first-order chi connectivity index (χ1) is 9.52. The molecule has 0 aliphatic carbocycles. The Morgan fingerprint density at radius 3 is 2.90 bits per heavy atom. The van der Waals surface area contributed by atoms with Crippen LogP contribution in [0.3, 0.4) is 0 Å². The number of carbonyl (C=O) groups is 2. The Morgan fingerprint density at radius 2 is 2.30 bits per heavy atom. The van der Waals surface area contributed by atoms with Gasteiger partial charge < -0.3 is 15.2 Å². The van der Waals surface area contributed by atoms with Crippen molar-refractivity contribution in [2.75, 3.05) is 6.61 Å². The van der Waals surface area contributed by atoms with Gasteiger partial charge in [0.05, 0.1) is 24.3 Å². The third-order valence-electron chi connectivity index (χ3n) is 3.40. The molecule has 1 aromatic rings. The summed E-state index contributed by atoms with van der Waals surface area (Å²) >= 11 is 1.10. The van der Waals surface area contributed by atoms with Crippen molar-refractivity contribution < 1.29 is 19.4 Å². The zero-order valence-corrected chi connectivity index (χ0v) is 12.3. The molecule has 20 heavy (non-hydrogen) atoms. The number of nitrogens with zero attached hydrogens (tertiary/aromatic N) is 1. The summed E-state index contributed by atoms with van der Waals surface area (Å²) in [5.41, 5.74) is 0.488. The van der Waals surface area contributed by atoms with Crippen molar-refractivity contribution in [3.05, 3.63) is 15.6 Å². The molecule has 6 nitrogen and oxygen atoms in total. The Kier molecular flexibility index (Phi) is 4.72. The summed E-state index contributed by atoms with van der Waals surface area (Å²) in [6.45, 7) is 4.55. The molecule has 2 rings (SSSR count). The fourth-order valence-corrected chi connectivity index (χ4v) is 3.21. The van der Waals surface area contributed by atoms with E-state index in [2.05, 4.69) is 10.3 Å². The number of hydrogen-bond donors (Lipinski definition) is 2. The zero-order chi connectivity index (χ0) is 14.7. The molecule has 1 aliphatic heterocycles. The van der Waals surface area contributed by atoms with E-state index in [1.54, 1.807) is 6.92 Å². The van der Waals surface area contributed by atoms with Gasteiger partial charge in [-0.2, -0.15) is 0 Å². The van der Waals surface area contributed by atoms with Crippen LogP contribution in [0, 0.1) is 12.8 Å². The number of aromatic nitrogens is 1. The second-order valence-corrected chi connectivity index (χ2v) is 5.84. The van der Waals surface area contributed by atoms with Crippen LogP contribution in [0.4, 0.5) is 0 Å². The van der Waals surface area contributed by atoms with Gasteiger partial charge in [0, 0.05) is 6.61 Å². The second-order valence-electron chi connectivity index (χ2n) is 4.76. The van der Waals surface area contributed by atoms with Crippen molar-refractivity contribution in [1.29, 1.82) is 0 Å². The number of aryl methyl sites for hydroxylation is 1. The lowest BCUT2D eigenvalue weighted by Crippen LogP contribution is -2.34. The molecule has 0 spiro atoms. The Balaban J connectivity index is 1.93. The van der Waals surface area contributed by atoms with E-state index < -0.39 is 5.97 Å². The van der Waals surface area contributed by atoms with Gasteiger partial charge in [-0.25, -0.2) is 9.78 Å². The normalized spacial score (nSPS) is 21.9. The van der Waals surface area contributed by atoms with Gasteiger partial charge >= 0.3 is 5.97 Å². The Hall–Kier alpha value is -1.47. The predicted molar refractivity (Wildman–Crippen MR) is 73.8 cm³/mol. The zero-order valence-electron chi connectivity index (χ0n) is 11.5.